The van der Waals surface area contributed by atoms with E-state index in [1.165, 1.54) is 6.07 Å². The maximum atomic E-state index is 12.8. The van der Waals surface area contributed by atoms with E-state index in [1.54, 1.807) is 24.3 Å². The Hall–Kier alpha value is -1.63. The standard InChI is InChI=1S/C17H18ClNO4S/c18-15-9-10-16(14-4-2-1-3-13(14)15)24(22,23)19-12-7-5-11(6-8-12)17(20)21/h1-4,9-12,19H,5-8H2,(H,20,21). The molecule has 0 unspecified atom stereocenters. The Morgan fingerprint density at radius 3 is 2.29 bits per heavy atom. The minimum atomic E-state index is -3.70. The van der Waals surface area contributed by atoms with Crippen LogP contribution in [0.15, 0.2) is 41.3 Å². The summed E-state index contributed by atoms with van der Waals surface area (Å²) in [4.78, 5) is 11.2. The van der Waals surface area contributed by atoms with Crippen molar-refractivity contribution in [2.75, 3.05) is 0 Å². The molecule has 0 atom stereocenters. The van der Waals surface area contributed by atoms with Gasteiger partial charge in [0.1, 0.15) is 0 Å². The van der Waals surface area contributed by atoms with E-state index in [9.17, 15) is 13.2 Å². The summed E-state index contributed by atoms with van der Waals surface area (Å²) in [6, 6.07) is 9.96. The van der Waals surface area contributed by atoms with Crippen LogP contribution in [0.4, 0.5) is 0 Å². The molecule has 1 saturated carbocycles. The number of nitrogens with one attached hydrogen (secondary N) is 1. The van der Waals surface area contributed by atoms with E-state index in [1.807, 2.05) is 6.07 Å². The second kappa shape index (κ2) is 6.70. The smallest absolute Gasteiger partial charge is 0.306 e. The van der Waals surface area contributed by atoms with Crippen LogP contribution >= 0.6 is 11.6 Å². The molecule has 0 aromatic heterocycles. The van der Waals surface area contributed by atoms with Crippen molar-refractivity contribution < 1.29 is 18.3 Å². The predicted molar refractivity (Wildman–Crippen MR) is 92.7 cm³/mol. The van der Waals surface area contributed by atoms with Crippen LogP contribution in [0.5, 0.6) is 0 Å². The van der Waals surface area contributed by atoms with Crippen molar-refractivity contribution in [1.82, 2.24) is 4.72 Å². The van der Waals surface area contributed by atoms with Crippen LogP contribution in [0.1, 0.15) is 25.7 Å². The van der Waals surface area contributed by atoms with E-state index >= 15 is 0 Å². The first-order valence-electron chi connectivity index (χ1n) is 7.81. The van der Waals surface area contributed by atoms with Gasteiger partial charge in [-0.3, -0.25) is 4.79 Å². The quantitative estimate of drug-likeness (QED) is 0.867. The molecule has 1 aliphatic rings. The topological polar surface area (TPSA) is 83.5 Å². The van der Waals surface area contributed by atoms with Gasteiger partial charge < -0.3 is 5.11 Å². The summed E-state index contributed by atoms with van der Waals surface area (Å²) in [5.74, 6) is -1.18. The van der Waals surface area contributed by atoms with Crippen molar-refractivity contribution in [2.24, 2.45) is 5.92 Å². The Bertz CT molecular complexity index is 873. The Labute approximate surface area is 145 Å². The summed E-state index contributed by atoms with van der Waals surface area (Å²) < 4.78 is 28.3. The van der Waals surface area contributed by atoms with Gasteiger partial charge in [0.25, 0.3) is 0 Å². The number of hydrogen-bond acceptors (Lipinski definition) is 3. The molecule has 0 heterocycles. The molecule has 0 aliphatic heterocycles. The van der Waals surface area contributed by atoms with Crippen LogP contribution in [0, 0.1) is 5.92 Å². The summed E-state index contributed by atoms with van der Waals surface area (Å²) in [7, 11) is -3.70. The predicted octanol–water partition coefficient (Wildman–Crippen LogP) is 3.41. The van der Waals surface area contributed by atoms with Gasteiger partial charge in [0.2, 0.25) is 10.0 Å². The molecule has 2 aromatic rings. The average molecular weight is 368 g/mol. The van der Waals surface area contributed by atoms with Gasteiger partial charge in [-0.05, 0) is 37.8 Å². The van der Waals surface area contributed by atoms with Crippen LogP contribution in [0.2, 0.25) is 5.02 Å². The Morgan fingerprint density at radius 2 is 1.67 bits per heavy atom. The maximum Gasteiger partial charge on any atom is 0.306 e. The minimum Gasteiger partial charge on any atom is -0.481 e. The van der Waals surface area contributed by atoms with Gasteiger partial charge in [-0.2, -0.15) is 0 Å². The van der Waals surface area contributed by atoms with E-state index in [0.717, 1.165) is 0 Å². The van der Waals surface area contributed by atoms with Crippen molar-refractivity contribution in [3.05, 3.63) is 41.4 Å². The summed E-state index contributed by atoms with van der Waals surface area (Å²) >= 11 is 6.15. The van der Waals surface area contributed by atoms with Crippen molar-refractivity contribution in [3.63, 3.8) is 0 Å². The number of hydrogen-bond donors (Lipinski definition) is 2. The van der Waals surface area contributed by atoms with Crippen molar-refractivity contribution >= 4 is 38.4 Å². The van der Waals surface area contributed by atoms with Crippen molar-refractivity contribution in [3.8, 4) is 0 Å². The molecule has 2 N–H and O–H groups in total. The lowest BCUT2D eigenvalue weighted by Gasteiger charge is -2.26. The summed E-state index contributed by atoms with van der Waals surface area (Å²) in [6.45, 7) is 0. The van der Waals surface area contributed by atoms with E-state index in [2.05, 4.69) is 4.72 Å². The van der Waals surface area contributed by atoms with Crippen LogP contribution in [-0.2, 0) is 14.8 Å². The molecular formula is C17H18ClNO4S. The molecule has 0 radical (unpaired) electrons. The van der Waals surface area contributed by atoms with E-state index in [0.29, 0.717) is 41.5 Å². The number of carboxylic acids is 1. The van der Waals surface area contributed by atoms with E-state index < -0.39 is 16.0 Å². The Kier molecular flexibility index (Phi) is 4.80. The zero-order valence-corrected chi connectivity index (χ0v) is 14.5. The molecule has 128 valence electrons. The Balaban J connectivity index is 1.85. The number of carbonyl (C=O) groups is 1. The first-order valence-corrected chi connectivity index (χ1v) is 9.67. The lowest BCUT2D eigenvalue weighted by Crippen LogP contribution is -2.38. The largest absolute Gasteiger partial charge is 0.481 e. The first kappa shape index (κ1) is 17.2. The second-order valence-corrected chi connectivity index (χ2v) is 8.19. The fourth-order valence-electron chi connectivity index (χ4n) is 3.21. The number of halogens is 1. The van der Waals surface area contributed by atoms with Crippen molar-refractivity contribution in [1.29, 1.82) is 0 Å². The lowest BCUT2D eigenvalue weighted by molar-refractivity contribution is -0.142. The zero-order valence-electron chi connectivity index (χ0n) is 12.9. The highest BCUT2D eigenvalue weighted by atomic mass is 35.5. The molecule has 0 saturated heterocycles. The van der Waals surface area contributed by atoms with Crippen LogP contribution < -0.4 is 4.72 Å². The molecule has 3 rings (SSSR count). The molecule has 1 aliphatic carbocycles. The summed E-state index contributed by atoms with van der Waals surface area (Å²) in [5.41, 5.74) is 0. The Morgan fingerprint density at radius 1 is 1.04 bits per heavy atom. The van der Waals surface area contributed by atoms with Crippen LogP contribution in [0.3, 0.4) is 0 Å². The normalized spacial score (nSPS) is 21.7. The zero-order chi connectivity index (χ0) is 17.3. The van der Waals surface area contributed by atoms with Crippen LogP contribution in [-0.4, -0.2) is 25.5 Å². The number of rotatable bonds is 4. The van der Waals surface area contributed by atoms with Crippen LogP contribution in [0.25, 0.3) is 10.8 Å². The maximum absolute atomic E-state index is 12.8. The SMILES string of the molecule is O=C(O)C1CCC(NS(=O)(=O)c2ccc(Cl)c3ccccc23)CC1. The van der Waals surface area contributed by atoms with Gasteiger partial charge in [0.05, 0.1) is 10.8 Å². The third kappa shape index (κ3) is 3.41. The lowest BCUT2D eigenvalue weighted by atomic mass is 9.87. The second-order valence-electron chi connectivity index (χ2n) is 6.10. The van der Waals surface area contributed by atoms with E-state index in [4.69, 9.17) is 16.7 Å². The van der Waals surface area contributed by atoms with Gasteiger partial charge in [0.15, 0.2) is 0 Å². The monoisotopic (exact) mass is 367 g/mol. The molecule has 2 aromatic carbocycles. The number of fused-ring (bicyclic) bond motifs is 1. The molecule has 24 heavy (non-hydrogen) atoms. The third-order valence-corrected chi connectivity index (χ3v) is 6.43. The molecule has 5 nitrogen and oxygen atoms in total. The minimum absolute atomic E-state index is 0.197. The first-order chi connectivity index (χ1) is 11.4. The highest BCUT2D eigenvalue weighted by Crippen LogP contribution is 2.30. The highest BCUT2D eigenvalue weighted by Gasteiger charge is 2.29. The van der Waals surface area contributed by atoms with Gasteiger partial charge in [-0.25, -0.2) is 13.1 Å². The van der Waals surface area contributed by atoms with Crippen molar-refractivity contribution in [2.45, 2.75) is 36.6 Å². The van der Waals surface area contributed by atoms with Gasteiger partial charge in [-0.1, -0.05) is 35.9 Å². The number of sulfonamides is 1. The molecule has 0 amide bonds. The van der Waals surface area contributed by atoms with Gasteiger partial charge >= 0.3 is 5.97 Å². The molecule has 0 spiro atoms. The third-order valence-electron chi connectivity index (χ3n) is 4.52. The summed E-state index contributed by atoms with van der Waals surface area (Å²) in [6.07, 6.45) is 2.04. The number of carboxylic acid groups (broad SMARTS) is 1. The number of aliphatic carboxylic acids is 1. The van der Waals surface area contributed by atoms with Gasteiger partial charge in [-0.15, -0.1) is 0 Å². The van der Waals surface area contributed by atoms with E-state index in [-0.39, 0.29) is 16.9 Å². The van der Waals surface area contributed by atoms with Gasteiger partial charge in [0, 0.05) is 21.8 Å². The fourth-order valence-corrected chi connectivity index (χ4v) is 4.95. The molecule has 7 heteroatoms. The fraction of sp³-hybridized carbons (Fsp3) is 0.353. The average Bonchev–Trinajstić information content (AvgIpc) is 2.55. The molecule has 0 bridgehead atoms. The highest BCUT2D eigenvalue weighted by molar-refractivity contribution is 7.89. The molecular weight excluding hydrogens is 350 g/mol. The number of benzene rings is 2. The molecule has 1 fully saturated rings. The summed E-state index contributed by atoms with van der Waals surface area (Å²) in [5, 5.41) is 10.8.